The van der Waals surface area contributed by atoms with Gasteiger partial charge in [0, 0.05) is 11.8 Å². The van der Waals surface area contributed by atoms with E-state index in [1.165, 1.54) is 6.20 Å². The molecule has 0 radical (unpaired) electrons. The van der Waals surface area contributed by atoms with Crippen molar-refractivity contribution in [3.8, 4) is 0 Å². The number of nitrogen functional groups attached to an aromatic ring is 1. The van der Waals surface area contributed by atoms with Gasteiger partial charge in [-0.15, -0.1) is 0 Å². The summed E-state index contributed by atoms with van der Waals surface area (Å²) in [7, 11) is 0. The van der Waals surface area contributed by atoms with Crippen molar-refractivity contribution >= 4 is 11.6 Å². The molecule has 17 heavy (non-hydrogen) atoms. The van der Waals surface area contributed by atoms with Gasteiger partial charge in [-0.25, -0.2) is 0 Å². The average molecular weight is 231 g/mol. The fourth-order valence-electron chi connectivity index (χ4n) is 1.46. The Kier molecular flexibility index (Phi) is 3.09. The zero-order valence-corrected chi connectivity index (χ0v) is 9.43. The Hall–Kier alpha value is -2.30. The fraction of sp³-hybridized carbons (Fsp3) is 0.167. The first-order valence-corrected chi connectivity index (χ1v) is 5.20. The molecule has 5 nitrogen and oxygen atoms in total. The lowest BCUT2D eigenvalue weighted by Crippen LogP contribution is -2.23. The number of nitrogens with two attached hydrogens (primary N) is 1. The van der Waals surface area contributed by atoms with E-state index in [2.05, 4.69) is 10.5 Å². The lowest BCUT2D eigenvalue weighted by atomic mass is 10.1. The molecule has 0 atom stereocenters. The molecule has 5 heteroatoms. The number of anilines is 1. The van der Waals surface area contributed by atoms with Crippen LogP contribution in [0, 0.1) is 6.92 Å². The van der Waals surface area contributed by atoms with Gasteiger partial charge in [0.05, 0.1) is 18.3 Å². The smallest absolute Gasteiger partial charge is 0.253 e. The van der Waals surface area contributed by atoms with Gasteiger partial charge in [-0.1, -0.05) is 16.8 Å². The van der Waals surface area contributed by atoms with Crippen LogP contribution in [0.25, 0.3) is 0 Å². The van der Waals surface area contributed by atoms with Gasteiger partial charge in [0.2, 0.25) is 0 Å². The van der Waals surface area contributed by atoms with Gasteiger partial charge in [-0.3, -0.25) is 4.79 Å². The third kappa shape index (κ3) is 2.63. The molecule has 0 spiro atoms. The van der Waals surface area contributed by atoms with E-state index in [9.17, 15) is 4.79 Å². The number of rotatable bonds is 3. The largest absolute Gasteiger partial charge is 0.398 e. The molecule has 0 aliphatic rings. The Bertz CT molecular complexity index is 521. The molecule has 1 aromatic carbocycles. The summed E-state index contributed by atoms with van der Waals surface area (Å²) in [5.74, 6) is 0.382. The van der Waals surface area contributed by atoms with Crippen LogP contribution in [0.1, 0.15) is 21.7 Å². The van der Waals surface area contributed by atoms with E-state index in [1.807, 2.05) is 13.0 Å². The minimum atomic E-state index is -0.220. The minimum Gasteiger partial charge on any atom is -0.398 e. The standard InChI is InChI=1S/C12H13N3O2/c1-8-2-3-11(13)10(6-8)12(16)14-7-9-4-5-15-17-9/h2-6H,7,13H2,1H3,(H,14,16). The molecule has 1 aromatic heterocycles. The van der Waals surface area contributed by atoms with Crippen molar-refractivity contribution in [3.63, 3.8) is 0 Å². The van der Waals surface area contributed by atoms with Gasteiger partial charge in [-0.2, -0.15) is 0 Å². The Balaban J connectivity index is 2.07. The molecular formula is C12H13N3O2. The Labute approximate surface area is 98.6 Å². The monoisotopic (exact) mass is 231 g/mol. The summed E-state index contributed by atoms with van der Waals surface area (Å²) >= 11 is 0. The lowest BCUT2D eigenvalue weighted by Gasteiger charge is -2.06. The molecule has 2 aromatic rings. The summed E-state index contributed by atoms with van der Waals surface area (Å²) in [5.41, 5.74) is 7.67. The van der Waals surface area contributed by atoms with E-state index in [1.54, 1.807) is 18.2 Å². The summed E-state index contributed by atoms with van der Waals surface area (Å²) < 4.78 is 4.88. The van der Waals surface area contributed by atoms with Gasteiger partial charge in [-0.05, 0) is 19.1 Å². The molecule has 0 unspecified atom stereocenters. The molecule has 0 bridgehead atoms. The maximum Gasteiger partial charge on any atom is 0.253 e. The Morgan fingerprint density at radius 3 is 3.00 bits per heavy atom. The van der Waals surface area contributed by atoms with Gasteiger partial charge in [0.15, 0.2) is 5.76 Å². The SMILES string of the molecule is Cc1ccc(N)c(C(=O)NCc2ccno2)c1. The molecule has 0 fully saturated rings. The number of aromatic nitrogens is 1. The van der Waals surface area contributed by atoms with Crippen molar-refractivity contribution in [3.05, 3.63) is 47.3 Å². The van der Waals surface area contributed by atoms with E-state index < -0.39 is 0 Å². The first-order chi connectivity index (χ1) is 8.16. The van der Waals surface area contributed by atoms with E-state index in [0.717, 1.165) is 5.56 Å². The van der Waals surface area contributed by atoms with Gasteiger partial charge in [0.25, 0.3) is 5.91 Å². The van der Waals surface area contributed by atoms with Crippen molar-refractivity contribution < 1.29 is 9.32 Å². The highest BCUT2D eigenvalue weighted by molar-refractivity contribution is 5.99. The van der Waals surface area contributed by atoms with Crippen LogP contribution < -0.4 is 11.1 Å². The number of aryl methyl sites for hydroxylation is 1. The Morgan fingerprint density at radius 1 is 1.47 bits per heavy atom. The molecule has 1 amide bonds. The summed E-state index contributed by atoms with van der Waals surface area (Å²) in [5, 5.41) is 6.27. The molecule has 3 N–H and O–H groups in total. The molecule has 2 rings (SSSR count). The van der Waals surface area contributed by atoms with Crippen LogP contribution in [0.3, 0.4) is 0 Å². The zero-order chi connectivity index (χ0) is 12.3. The van der Waals surface area contributed by atoms with Crippen LogP contribution in [0.5, 0.6) is 0 Å². The quantitative estimate of drug-likeness (QED) is 0.784. The number of carbonyl (C=O) groups is 1. The number of hydrogen-bond acceptors (Lipinski definition) is 4. The molecule has 0 saturated heterocycles. The number of carbonyl (C=O) groups excluding carboxylic acids is 1. The third-order valence-corrected chi connectivity index (χ3v) is 2.37. The first-order valence-electron chi connectivity index (χ1n) is 5.20. The van der Waals surface area contributed by atoms with Crippen molar-refractivity contribution in [1.82, 2.24) is 10.5 Å². The summed E-state index contributed by atoms with van der Waals surface area (Å²) in [6, 6.07) is 7.03. The highest BCUT2D eigenvalue weighted by Gasteiger charge is 2.10. The van der Waals surface area contributed by atoms with Crippen LogP contribution >= 0.6 is 0 Å². The number of benzene rings is 1. The molecule has 0 aliphatic heterocycles. The van der Waals surface area contributed by atoms with E-state index in [-0.39, 0.29) is 5.91 Å². The first kappa shape index (κ1) is 11.2. The molecule has 0 saturated carbocycles. The maximum absolute atomic E-state index is 11.9. The van der Waals surface area contributed by atoms with Crippen LogP contribution in [0.2, 0.25) is 0 Å². The van der Waals surface area contributed by atoms with Gasteiger partial charge >= 0.3 is 0 Å². The fourth-order valence-corrected chi connectivity index (χ4v) is 1.46. The maximum atomic E-state index is 11.9. The topological polar surface area (TPSA) is 81.2 Å². The number of nitrogens with zero attached hydrogens (tertiary/aromatic N) is 1. The van der Waals surface area contributed by atoms with Crippen molar-refractivity contribution in [2.45, 2.75) is 13.5 Å². The molecule has 88 valence electrons. The molecular weight excluding hydrogens is 218 g/mol. The van der Waals surface area contributed by atoms with Crippen LogP contribution in [0.15, 0.2) is 35.0 Å². The van der Waals surface area contributed by atoms with Gasteiger partial charge < -0.3 is 15.6 Å². The van der Waals surface area contributed by atoms with Crippen LogP contribution in [-0.2, 0) is 6.54 Å². The van der Waals surface area contributed by atoms with Crippen molar-refractivity contribution in [2.75, 3.05) is 5.73 Å². The normalized spacial score (nSPS) is 10.2. The lowest BCUT2D eigenvalue weighted by molar-refractivity contribution is 0.0948. The van der Waals surface area contributed by atoms with Gasteiger partial charge in [0.1, 0.15) is 0 Å². The number of hydrogen-bond donors (Lipinski definition) is 2. The second-order valence-electron chi connectivity index (χ2n) is 3.75. The summed E-state index contributed by atoms with van der Waals surface area (Å²) in [6.07, 6.45) is 1.53. The summed E-state index contributed by atoms with van der Waals surface area (Å²) in [6.45, 7) is 2.21. The average Bonchev–Trinajstić information content (AvgIpc) is 2.82. The zero-order valence-electron chi connectivity index (χ0n) is 9.43. The predicted octanol–water partition coefficient (Wildman–Crippen LogP) is 1.50. The minimum absolute atomic E-state index is 0.220. The van der Waals surface area contributed by atoms with Crippen LogP contribution in [-0.4, -0.2) is 11.1 Å². The van der Waals surface area contributed by atoms with E-state index >= 15 is 0 Å². The van der Waals surface area contributed by atoms with E-state index in [0.29, 0.717) is 23.6 Å². The summed E-state index contributed by atoms with van der Waals surface area (Å²) in [4.78, 5) is 11.9. The van der Waals surface area contributed by atoms with E-state index in [4.69, 9.17) is 10.3 Å². The number of amides is 1. The second kappa shape index (κ2) is 4.69. The highest BCUT2D eigenvalue weighted by Crippen LogP contribution is 2.13. The van der Waals surface area contributed by atoms with Crippen molar-refractivity contribution in [1.29, 1.82) is 0 Å². The third-order valence-electron chi connectivity index (χ3n) is 2.37. The highest BCUT2D eigenvalue weighted by atomic mass is 16.5. The predicted molar refractivity (Wildman–Crippen MR) is 63.3 cm³/mol. The number of nitrogens with one attached hydrogen (secondary N) is 1. The second-order valence-corrected chi connectivity index (χ2v) is 3.75. The van der Waals surface area contributed by atoms with Crippen LogP contribution in [0.4, 0.5) is 5.69 Å². The molecule has 1 heterocycles. The van der Waals surface area contributed by atoms with Crippen molar-refractivity contribution in [2.24, 2.45) is 0 Å². The molecule has 0 aliphatic carbocycles. The Morgan fingerprint density at radius 2 is 2.29 bits per heavy atom.